The van der Waals surface area contributed by atoms with Crippen LogP contribution in [0.3, 0.4) is 0 Å². The Balaban J connectivity index is 2.65. The van der Waals surface area contributed by atoms with E-state index in [2.05, 4.69) is 4.72 Å². The van der Waals surface area contributed by atoms with Crippen LogP contribution >= 0.6 is 0 Å². The molecule has 1 rings (SSSR count). The van der Waals surface area contributed by atoms with Gasteiger partial charge >= 0.3 is 0 Å². The van der Waals surface area contributed by atoms with Crippen LogP contribution in [0.4, 0.5) is 4.39 Å². The average molecular weight is 247 g/mol. The van der Waals surface area contributed by atoms with Crippen LogP contribution < -0.4 is 4.72 Å². The van der Waals surface area contributed by atoms with Crippen LogP contribution in [-0.4, -0.2) is 25.4 Å². The Bertz CT molecular complexity index is 447. The molecule has 1 aromatic carbocycles. The SMILES string of the molecule is CC(CO)S(=O)(=O)NCc1cccc(F)c1. The second-order valence-corrected chi connectivity index (χ2v) is 5.67. The van der Waals surface area contributed by atoms with Gasteiger partial charge in [0.05, 0.1) is 11.9 Å². The maximum absolute atomic E-state index is 12.8. The zero-order valence-electron chi connectivity index (χ0n) is 8.85. The van der Waals surface area contributed by atoms with Crippen molar-refractivity contribution in [3.05, 3.63) is 35.6 Å². The van der Waals surface area contributed by atoms with E-state index in [0.29, 0.717) is 5.56 Å². The summed E-state index contributed by atoms with van der Waals surface area (Å²) < 4.78 is 38.0. The highest BCUT2D eigenvalue weighted by molar-refractivity contribution is 7.90. The first kappa shape index (κ1) is 13.1. The van der Waals surface area contributed by atoms with Crippen molar-refractivity contribution in [1.82, 2.24) is 4.72 Å². The van der Waals surface area contributed by atoms with Gasteiger partial charge in [0.1, 0.15) is 5.82 Å². The summed E-state index contributed by atoms with van der Waals surface area (Å²) in [6.45, 7) is 0.969. The highest BCUT2D eigenvalue weighted by Crippen LogP contribution is 2.05. The Morgan fingerprint density at radius 3 is 2.75 bits per heavy atom. The molecule has 4 nitrogen and oxygen atoms in total. The first-order valence-corrected chi connectivity index (χ1v) is 6.34. The molecule has 0 aliphatic rings. The van der Waals surface area contributed by atoms with Gasteiger partial charge in [-0.3, -0.25) is 0 Å². The molecular formula is C10H14FNO3S. The fraction of sp³-hybridized carbons (Fsp3) is 0.400. The molecule has 1 unspecified atom stereocenters. The van der Waals surface area contributed by atoms with Crippen molar-refractivity contribution < 1.29 is 17.9 Å². The van der Waals surface area contributed by atoms with Crippen molar-refractivity contribution in [3.63, 3.8) is 0 Å². The second kappa shape index (κ2) is 5.38. The van der Waals surface area contributed by atoms with Gasteiger partial charge in [-0.15, -0.1) is 0 Å². The van der Waals surface area contributed by atoms with E-state index < -0.39 is 27.7 Å². The normalized spacial score (nSPS) is 13.7. The Labute approximate surface area is 94.2 Å². The zero-order valence-corrected chi connectivity index (χ0v) is 9.67. The molecule has 1 aromatic rings. The van der Waals surface area contributed by atoms with Gasteiger partial charge in [0.2, 0.25) is 10.0 Å². The van der Waals surface area contributed by atoms with Crippen LogP contribution in [0.5, 0.6) is 0 Å². The van der Waals surface area contributed by atoms with Crippen molar-refractivity contribution in [2.75, 3.05) is 6.61 Å². The minimum atomic E-state index is -3.54. The quantitative estimate of drug-likeness (QED) is 0.802. The van der Waals surface area contributed by atoms with Gasteiger partial charge in [0.15, 0.2) is 0 Å². The third-order valence-corrected chi connectivity index (χ3v) is 3.91. The van der Waals surface area contributed by atoms with Crippen molar-refractivity contribution in [3.8, 4) is 0 Å². The predicted molar refractivity (Wildman–Crippen MR) is 58.7 cm³/mol. The predicted octanol–water partition coefficient (Wildman–Crippen LogP) is 0.626. The molecule has 0 aliphatic heterocycles. The van der Waals surface area contributed by atoms with E-state index in [1.54, 1.807) is 6.07 Å². The lowest BCUT2D eigenvalue weighted by Crippen LogP contribution is -2.34. The fourth-order valence-corrected chi connectivity index (χ4v) is 1.92. The monoisotopic (exact) mass is 247 g/mol. The maximum atomic E-state index is 12.8. The first-order valence-electron chi connectivity index (χ1n) is 4.79. The van der Waals surface area contributed by atoms with Gasteiger partial charge in [0.25, 0.3) is 0 Å². The smallest absolute Gasteiger partial charge is 0.216 e. The number of nitrogens with one attached hydrogen (secondary N) is 1. The van der Waals surface area contributed by atoms with E-state index in [9.17, 15) is 12.8 Å². The average Bonchev–Trinajstić information content (AvgIpc) is 2.25. The molecule has 0 aliphatic carbocycles. The second-order valence-electron chi connectivity index (χ2n) is 3.49. The fourth-order valence-electron chi connectivity index (χ4n) is 1.07. The van der Waals surface area contributed by atoms with Crippen molar-refractivity contribution >= 4 is 10.0 Å². The van der Waals surface area contributed by atoms with Crippen LogP contribution in [0.2, 0.25) is 0 Å². The van der Waals surface area contributed by atoms with Crippen LogP contribution in [0, 0.1) is 5.82 Å². The lowest BCUT2D eigenvalue weighted by atomic mass is 10.2. The summed E-state index contributed by atoms with van der Waals surface area (Å²) >= 11 is 0. The number of aliphatic hydroxyl groups excluding tert-OH is 1. The van der Waals surface area contributed by atoms with Gasteiger partial charge < -0.3 is 5.11 Å². The number of aliphatic hydroxyl groups is 1. The van der Waals surface area contributed by atoms with Crippen LogP contribution in [0.15, 0.2) is 24.3 Å². The molecular weight excluding hydrogens is 233 g/mol. The number of halogens is 1. The first-order chi connectivity index (χ1) is 7.45. The molecule has 16 heavy (non-hydrogen) atoms. The summed E-state index contributed by atoms with van der Waals surface area (Å²) in [6, 6.07) is 5.67. The number of hydrogen-bond acceptors (Lipinski definition) is 3. The number of benzene rings is 1. The van der Waals surface area contributed by atoms with E-state index >= 15 is 0 Å². The van der Waals surface area contributed by atoms with Crippen molar-refractivity contribution in [2.24, 2.45) is 0 Å². The Hall–Kier alpha value is -0.980. The lowest BCUT2D eigenvalue weighted by Gasteiger charge is -2.11. The van der Waals surface area contributed by atoms with E-state index in [0.717, 1.165) is 0 Å². The Morgan fingerprint density at radius 1 is 1.50 bits per heavy atom. The molecule has 0 saturated heterocycles. The summed E-state index contributed by atoms with van der Waals surface area (Å²) in [7, 11) is -3.54. The third-order valence-electron chi connectivity index (χ3n) is 2.15. The van der Waals surface area contributed by atoms with E-state index in [1.165, 1.54) is 25.1 Å². The molecule has 90 valence electrons. The highest BCUT2D eigenvalue weighted by atomic mass is 32.2. The molecule has 0 bridgehead atoms. The Morgan fingerprint density at radius 2 is 2.19 bits per heavy atom. The molecule has 1 atom stereocenters. The number of rotatable bonds is 5. The topological polar surface area (TPSA) is 66.4 Å². The van der Waals surface area contributed by atoms with E-state index in [4.69, 9.17) is 5.11 Å². The third kappa shape index (κ3) is 3.55. The maximum Gasteiger partial charge on any atom is 0.216 e. The zero-order chi connectivity index (χ0) is 12.2. The summed E-state index contributed by atoms with van der Waals surface area (Å²) in [4.78, 5) is 0. The minimum Gasteiger partial charge on any atom is -0.395 e. The number of hydrogen-bond donors (Lipinski definition) is 2. The molecule has 0 radical (unpaired) electrons. The molecule has 0 fully saturated rings. The summed E-state index contributed by atoms with van der Waals surface area (Å²) in [5, 5.41) is 7.86. The van der Waals surface area contributed by atoms with E-state index in [-0.39, 0.29) is 6.54 Å². The van der Waals surface area contributed by atoms with Crippen molar-refractivity contribution in [2.45, 2.75) is 18.7 Å². The van der Waals surface area contributed by atoms with Gasteiger partial charge in [-0.05, 0) is 24.6 Å². The lowest BCUT2D eigenvalue weighted by molar-refractivity contribution is 0.294. The number of sulfonamides is 1. The summed E-state index contributed by atoms with van der Waals surface area (Å²) in [5.41, 5.74) is 0.536. The molecule has 0 heterocycles. The van der Waals surface area contributed by atoms with Gasteiger partial charge in [-0.25, -0.2) is 17.5 Å². The minimum absolute atomic E-state index is 0.0183. The van der Waals surface area contributed by atoms with Crippen LogP contribution in [0.1, 0.15) is 12.5 Å². The van der Waals surface area contributed by atoms with Crippen molar-refractivity contribution in [1.29, 1.82) is 0 Å². The molecule has 6 heteroatoms. The molecule has 0 aromatic heterocycles. The molecule has 0 saturated carbocycles. The Kier molecular flexibility index (Phi) is 4.40. The highest BCUT2D eigenvalue weighted by Gasteiger charge is 2.18. The summed E-state index contributed by atoms with van der Waals surface area (Å²) in [5.74, 6) is -0.410. The van der Waals surface area contributed by atoms with E-state index in [1.807, 2.05) is 0 Å². The van der Waals surface area contributed by atoms with Gasteiger partial charge in [0, 0.05) is 6.54 Å². The molecule has 0 spiro atoms. The van der Waals surface area contributed by atoms with Gasteiger partial charge in [-0.1, -0.05) is 12.1 Å². The standard InChI is InChI=1S/C10H14FNO3S/c1-8(7-13)16(14,15)12-6-9-3-2-4-10(11)5-9/h2-5,8,12-13H,6-7H2,1H3. The van der Waals surface area contributed by atoms with Gasteiger partial charge in [-0.2, -0.15) is 0 Å². The van der Waals surface area contributed by atoms with Crippen LogP contribution in [0.25, 0.3) is 0 Å². The molecule has 0 amide bonds. The van der Waals surface area contributed by atoms with Crippen LogP contribution in [-0.2, 0) is 16.6 Å². The largest absolute Gasteiger partial charge is 0.395 e. The summed E-state index contributed by atoms with van der Waals surface area (Å²) in [6.07, 6.45) is 0. The molecule has 2 N–H and O–H groups in total.